The van der Waals surface area contributed by atoms with E-state index in [0.717, 1.165) is 29.8 Å². The lowest BCUT2D eigenvalue weighted by Gasteiger charge is -2.70. The number of aromatic nitrogens is 6. The zero-order valence-electron chi connectivity index (χ0n) is 19.6. The van der Waals surface area contributed by atoms with Crippen molar-refractivity contribution >= 4 is 17.1 Å². The second kappa shape index (κ2) is 6.89. The molecule has 2 bridgehead atoms. The molecule has 184 valence electrons. The summed E-state index contributed by atoms with van der Waals surface area (Å²) in [6.45, 7) is 5.35. The minimum absolute atomic E-state index is 0.0652. The number of rotatable bonds is 4. The van der Waals surface area contributed by atoms with Gasteiger partial charge in [-0.3, -0.25) is 4.68 Å². The van der Waals surface area contributed by atoms with Crippen LogP contribution in [0.15, 0.2) is 12.4 Å². The maximum Gasteiger partial charge on any atom is 0.394 e. The predicted octanol–water partition coefficient (Wildman–Crippen LogP) is 4.13. The number of fused-ring (bicyclic) bond motifs is 1. The molecule has 4 heterocycles. The zero-order chi connectivity index (χ0) is 24.2. The molecule has 35 heavy (non-hydrogen) atoms. The highest BCUT2D eigenvalue weighted by atomic mass is 19.4. The number of hydrogen-bond acceptors (Lipinski definition) is 7. The molecule has 0 aromatic carbocycles. The molecule has 1 atom stereocenters. The van der Waals surface area contributed by atoms with E-state index in [-0.39, 0.29) is 25.4 Å². The summed E-state index contributed by atoms with van der Waals surface area (Å²) in [4.78, 5) is 21.0. The number of aryl methyl sites for hydroxylation is 2. The van der Waals surface area contributed by atoms with Gasteiger partial charge in [-0.25, -0.2) is 15.0 Å². The average Bonchev–Trinajstić information content (AvgIpc) is 3.48. The van der Waals surface area contributed by atoms with Crippen LogP contribution in [0.25, 0.3) is 11.2 Å². The van der Waals surface area contributed by atoms with Gasteiger partial charge in [-0.1, -0.05) is 0 Å². The maximum absolute atomic E-state index is 13.6. The van der Waals surface area contributed by atoms with Crippen LogP contribution >= 0.6 is 0 Å². The van der Waals surface area contributed by atoms with Gasteiger partial charge in [0.25, 0.3) is 0 Å². The molecule has 11 heteroatoms. The normalized spacial score (nSPS) is 30.3. The van der Waals surface area contributed by atoms with Gasteiger partial charge in [-0.05, 0) is 46.0 Å². The highest BCUT2D eigenvalue weighted by Crippen LogP contribution is 2.78. The van der Waals surface area contributed by atoms with E-state index in [1.807, 2.05) is 29.6 Å². The Balaban J connectivity index is 1.24. The summed E-state index contributed by atoms with van der Waals surface area (Å²) < 4.78 is 48.8. The lowest BCUT2D eigenvalue weighted by Crippen LogP contribution is -2.70. The lowest BCUT2D eigenvalue weighted by atomic mass is 9.34. The summed E-state index contributed by atoms with van der Waals surface area (Å²) in [6, 6.07) is 0.494. The molecular formula is C24H26F3N7O. The molecule has 0 amide bonds. The van der Waals surface area contributed by atoms with Crippen molar-refractivity contribution in [1.29, 1.82) is 0 Å². The Morgan fingerprint density at radius 2 is 1.77 bits per heavy atom. The van der Waals surface area contributed by atoms with E-state index in [1.54, 1.807) is 0 Å². The van der Waals surface area contributed by atoms with Gasteiger partial charge in [0.2, 0.25) is 5.95 Å². The summed E-state index contributed by atoms with van der Waals surface area (Å²) >= 11 is 0. The number of anilines is 1. The van der Waals surface area contributed by atoms with Gasteiger partial charge in [0, 0.05) is 23.7 Å². The number of ether oxygens (including phenoxy) is 1. The number of halogens is 3. The fraction of sp³-hybridized carbons (Fsp3) is 0.625. The van der Waals surface area contributed by atoms with E-state index in [1.165, 1.54) is 0 Å². The van der Waals surface area contributed by atoms with E-state index < -0.39 is 17.0 Å². The van der Waals surface area contributed by atoms with Crippen LogP contribution in [0.5, 0.6) is 0 Å². The molecule has 5 aliphatic rings. The number of nitrogens with zero attached hydrogens (tertiary/aromatic N) is 7. The van der Waals surface area contributed by atoms with Crippen molar-refractivity contribution < 1.29 is 17.9 Å². The van der Waals surface area contributed by atoms with Crippen LogP contribution in [0.3, 0.4) is 0 Å². The zero-order valence-corrected chi connectivity index (χ0v) is 19.6. The van der Waals surface area contributed by atoms with E-state index in [0.29, 0.717) is 48.5 Å². The first-order valence-electron chi connectivity index (χ1n) is 12.2. The van der Waals surface area contributed by atoms with Crippen molar-refractivity contribution in [2.75, 3.05) is 24.6 Å². The lowest BCUT2D eigenvalue weighted by molar-refractivity contribution is -0.337. The monoisotopic (exact) mass is 485 g/mol. The first-order valence-corrected chi connectivity index (χ1v) is 12.2. The van der Waals surface area contributed by atoms with Crippen molar-refractivity contribution in [2.45, 2.75) is 69.7 Å². The molecule has 3 aromatic heterocycles. The van der Waals surface area contributed by atoms with Gasteiger partial charge in [0.15, 0.2) is 5.65 Å². The van der Waals surface area contributed by atoms with Gasteiger partial charge in [-0.2, -0.15) is 23.3 Å². The van der Waals surface area contributed by atoms with Crippen molar-refractivity contribution in [3.8, 4) is 0 Å². The molecule has 0 radical (unpaired) electrons. The van der Waals surface area contributed by atoms with Crippen molar-refractivity contribution in [1.82, 2.24) is 29.7 Å². The van der Waals surface area contributed by atoms with Crippen LogP contribution in [0.1, 0.15) is 66.9 Å². The minimum Gasteiger partial charge on any atom is -0.370 e. The predicted molar refractivity (Wildman–Crippen MR) is 120 cm³/mol. The molecular weight excluding hydrogens is 459 g/mol. The Morgan fingerprint density at radius 1 is 1.03 bits per heavy atom. The van der Waals surface area contributed by atoms with Gasteiger partial charge in [0.1, 0.15) is 11.6 Å². The Hall–Kier alpha value is -2.82. The third-order valence-electron chi connectivity index (χ3n) is 8.33. The third-order valence-corrected chi connectivity index (χ3v) is 8.33. The summed E-state index contributed by atoms with van der Waals surface area (Å²) in [7, 11) is 0. The molecule has 3 aromatic rings. The Bertz CT molecular complexity index is 1330. The first kappa shape index (κ1) is 21.5. The molecule has 0 N–H and O–H groups in total. The van der Waals surface area contributed by atoms with Crippen LogP contribution in [0.2, 0.25) is 0 Å². The molecule has 0 spiro atoms. The van der Waals surface area contributed by atoms with Gasteiger partial charge in [-0.15, -0.1) is 0 Å². The molecule has 5 fully saturated rings. The molecule has 1 saturated heterocycles. The summed E-state index contributed by atoms with van der Waals surface area (Å²) in [5.74, 6) is 0.485. The fourth-order valence-electron chi connectivity index (χ4n) is 6.04. The molecule has 4 saturated carbocycles. The number of alkyl halides is 3. The Kier molecular flexibility index (Phi) is 4.23. The molecule has 8 rings (SSSR count). The van der Waals surface area contributed by atoms with Crippen LogP contribution in [-0.2, 0) is 10.2 Å². The topological polar surface area (TPSA) is 81.9 Å². The standard InChI is InChI=1S/C24H26F3N7O/c1-13-14(2)30-20-18(29-13)19(22-10-23(11-22,12-22)24(25,26)27)31-21(32-20)33-5-6-35-17(9-33)15-7-28-34(8-15)16-3-4-16/h7-8,16-17H,3-6,9-12H2,1-2H3/t17-,22?,23?/m0/s1. The third kappa shape index (κ3) is 3.12. The molecule has 0 unspecified atom stereocenters. The average molecular weight is 486 g/mol. The van der Waals surface area contributed by atoms with Gasteiger partial charge < -0.3 is 9.64 Å². The smallest absolute Gasteiger partial charge is 0.370 e. The van der Waals surface area contributed by atoms with Crippen molar-refractivity contribution in [3.63, 3.8) is 0 Å². The van der Waals surface area contributed by atoms with E-state index in [2.05, 4.69) is 21.3 Å². The first-order chi connectivity index (χ1) is 16.7. The van der Waals surface area contributed by atoms with Crippen molar-refractivity contribution in [2.24, 2.45) is 5.41 Å². The summed E-state index contributed by atoms with van der Waals surface area (Å²) in [5.41, 5.74) is 1.94. The van der Waals surface area contributed by atoms with Crippen LogP contribution in [0.4, 0.5) is 19.1 Å². The Morgan fingerprint density at radius 3 is 2.49 bits per heavy atom. The summed E-state index contributed by atoms with van der Waals surface area (Å²) in [5, 5.41) is 4.48. The van der Waals surface area contributed by atoms with Gasteiger partial charge >= 0.3 is 6.18 Å². The van der Waals surface area contributed by atoms with Gasteiger partial charge in [0.05, 0.1) is 47.9 Å². The SMILES string of the molecule is Cc1nc2nc(N3CCO[C@H](c4cnn(C5CC5)c4)C3)nc(C34CC(C(F)(F)F)(C3)C4)c2nc1C. The second-order valence-corrected chi connectivity index (χ2v) is 10.8. The maximum atomic E-state index is 13.6. The molecule has 1 aliphatic heterocycles. The quantitative estimate of drug-likeness (QED) is 0.550. The van der Waals surface area contributed by atoms with Crippen LogP contribution < -0.4 is 4.90 Å². The molecule has 8 nitrogen and oxygen atoms in total. The number of morpholine rings is 1. The Labute approximate surface area is 199 Å². The largest absolute Gasteiger partial charge is 0.394 e. The van der Waals surface area contributed by atoms with Crippen molar-refractivity contribution in [3.05, 3.63) is 35.0 Å². The highest BCUT2D eigenvalue weighted by Gasteiger charge is 2.79. The van der Waals surface area contributed by atoms with E-state index >= 15 is 0 Å². The fourth-order valence-corrected chi connectivity index (χ4v) is 6.04. The van der Waals surface area contributed by atoms with Crippen LogP contribution in [-0.4, -0.2) is 55.6 Å². The number of hydrogen-bond donors (Lipinski definition) is 0. The summed E-state index contributed by atoms with van der Waals surface area (Å²) in [6.07, 6.45) is 2.06. The second-order valence-electron chi connectivity index (χ2n) is 10.8. The minimum atomic E-state index is -4.18. The van der Waals surface area contributed by atoms with E-state index in [4.69, 9.17) is 14.7 Å². The van der Waals surface area contributed by atoms with Crippen LogP contribution in [0, 0.1) is 19.3 Å². The highest BCUT2D eigenvalue weighted by molar-refractivity contribution is 5.77. The molecule has 4 aliphatic carbocycles. The van der Waals surface area contributed by atoms with E-state index in [9.17, 15) is 13.2 Å².